The molecule has 4 rings (SSSR count). The fourth-order valence-corrected chi connectivity index (χ4v) is 3.74. The van der Waals surface area contributed by atoms with Crippen LogP contribution < -0.4 is 10.5 Å². The van der Waals surface area contributed by atoms with Gasteiger partial charge in [-0.15, -0.1) is 0 Å². The van der Waals surface area contributed by atoms with Gasteiger partial charge in [0.1, 0.15) is 18.1 Å². The molecule has 2 N–H and O–H groups in total. The van der Waals surface area contributed by atoms with Crippen LogP contribution in [0, 0.1) is 0 Å². The van der Waals surface area contributed by atoms with E-state index in [9.17, 15) is 4.79 Å². The van der Waals surface area contributed by atoms with Gasteiger partial charge in [0, 0.05) is 32.2 Å². The zero-order valence-electron chi connectivity index (χ0n) is 15.7. The third kappa shape index (κ3) is 3.63. The van der Waals surface area contributed by atoms with Gasteiger partial charge in [-0.25, -0.2) is 9.97 Å². The molecule has 2 aliphatic heterocycles. The monoisotopic (exact) mass is 403 g/mol. The molecular formula is C19H22ClN5O3. The molecule has 1 fully saturated rings. The average molecular weight is 404 g/mol. The number of amides is 1. The molecule has 0 bridgehead atoms. The number of benzene rings is 1. The van der Waals surface area contributed by atoms with Gasteiger partial charge < -0.3 is 20.1 Å². The highest BCUT2D eigenvalue weighted by atomic mass is 35.5. The number of fused-ring (bicyclic) bond motifs is 1. The Morgan fingerprint density at radius 1 is 1.25 bits per heavy atom. The molecular weight excluding hydrogens is 382 g/mol. The van der Waals surface area contributed by atoms with Gasteiger partial charge in [-0.1, -0.05) is 17.7 Å². The minimum Gasteiger partial charge on any atom is -0.491 e. The maximum atomic E-state index is 12.3. The molecule has 1 aromatic carbocycles. The topological polar surface area (TPSA) is 93.8 Å². The van der Waals surface area contributed by atoms with Crippen LogP contribution in [0.4, 0.5) is 5.95 Å². The van der Waals surface area contributed by atoms with E-state index in [1.807, 2.05) is 12.1 Å². The summed E-state index contributed by atoms with van der Waals surface area (Å²) >= 11 is 6.51. The number of halogens is 1. The minimum atomic E-state index is -0.174. The first kappa shape index (κ1) is 18.9. The van der Waals surface area contributed by atoms with Crippen LogP contribution in [-0.4, -0.2) is 72.2 Å². The zero-order valence-corrected chi connectivity index (χ0v) is 16.4. The Bertz CT molecular complexity index is 901. The normalized spacial score (nSPS) is 17.1. The van der Waals surface area contributed by atoms with Crippen molar-refractivity contribution in [3.05, 3.63) is 34.5 Å². The number of hydrogen-bond acceptors (Lipinski definition) is 7. The molecule has 2 aromatic rings. The maximum absolute atomic E-state index is 12.3. The number of carbonyl (C=O) groups excluding carboxylic acids is 1. The fourth-order valence-electron chi connectivity index (χ4n) is 3.49. The number of anilines is 1. The summed E-state index contributed by atoms with van der Waals surface area (Å²) in [5, 5.41) is 0.492. The number of nitrogen functional groups attached to an aromatic ring is 1. The van der Waals surface area contributed by atoms with E-state index in [1.165, 1.54) is 0 Å². The van der Waals surface area contributed by atoms with Crippen LogP contribution in [0.25, 0.3) is 11.3 Å². The summed E-state index contributed by atoms with van der Waals surface area (Å²) in [6, 6.07) is 5.46. The van der Waals surface area contributed by atoms with Gasteiger partial charge in [-0.2, -0.15) is 0 Å². The third-order valence-electron chi connectivity index (χ3n) is 4.95. The third-order valence-corrected chi connectivity index (χ3v) is 5.26. The summed E-state index contributed by atoms with van der Waals surface area (Å²) in [4.78, 5) is 24.8. The summed E-state index contributed by atoms with van der Waals surface area (Å²) in [5.74, 6) is 0.479. The van der Waals surface area contributed by atoms with E-state index < -0.39 is 0 Å². The van der Waals surface area contributed by atoms with E-state index in [4.69, 9.17) is 26.8 Å². The minimum absolute atomic E-state index is 0.0385. The summed E-state index contributed by atoms with van der Waals surface area (Å²) in [7, 11) is 1.72. The molecule has 0 radical (unpaired) electrons. The van der Waals surface area contributed by atoms with Crippen LogP contribution in [-0.2, 0) is 11.3 Å². The second kappa shape index (κ2) is 7.90. The van der Waals surface area contributed by atoms with Crippen molar-refractivity contribution in [1.82, 2.24) is 19.8 Å². The number of nitrogens with two attached hydrogens (primary N) is 1. The van der Waals surface area contributed by atoms with Crippen LogP contribution in [0.1, 0.15) is 16.1 Å². The van der Waals surface area contributed by atoms with Gasteiger partial charge >= 0.3 is 0 Å². The molecule has 3 heterocycles. The van der Waals surface area contributed by atoms with E-state index >= 15 is 0 Å². The molecule has 1 saturated heterocycles. The smallest absolute Gasteiger partial charge is 0.273 e. The molecule has 9 heteroatoms. The summed E-state index contributed by atoms with van der Waals surface area (Å²) in [5.41, 5.74) is 8.10. The van der Waals surface area contributed by atoms with E-state index in [0.717, 1.165) is 32.8 Å². The van der Waals surface area contributed by atoms with Gasteiger partial charge in [0.05, 0.1) is 36.0 Å². The Hall–Kier alpha value is -2.42. The molecule has 0 unspecified atom stereocenters. The molecule has 0 atom stereocenters. The summed E-state index contributed by atoms with van der Waals surface area (Å²) < 4.78 is 11.4. The van der Waals surface area contributed by atoms with E-state index in [-0.39, 0.29) is 11.9 Å². The molecule has 1 amide bonds. The van der Waals surface area contributed by atoms with Crippen molar-refractivity contribution in [1.29, 1.82) is 0 Å². The number of nitrogens with zero attached hydrogens (tertiary/aromatic N) is 4. The van der Waals surface area contributed by atoms with Gasteiger partial charge in [0.25, 0.3) is 5.91 Å². The van der Waals surface area contributed by atoms with Crippen molar-refractivity contribution in [2.24, 2.45) is 0 Å². The predicted molar refractivity (Wildman–Crippen MR) is 105 cm³/mol. The lowest BCUT2D eigenvalue weighted by atomic mass is 10.0. The lowest BCUT2D eigenvalue weighted by molar-refractivity contribution is 0.0323. The highest BCUT2D eigenvalue weighted by Gasteiger charge is 2.32. The highest BCUT2D eigenvalue weighted by molar-refractivity contribution is 6.33. The quantitative estimate of drug-likeness (QED) is 0.811. The molecule has 2 aliphatic rings. The number of carbonyl (C=O) groups is 1. The van der Waals surface area contributed by atoms with Crippen molar-refractivity contribution in [3.63, 3.8) is 0 Å². The predicted octanol–water partition coefficient (Wildman–Crippen LogP) is 1.68. The molecule has 0 spiro atoms. The van der Waals surface area contributed by atoms with Crippen LogP contribution >= 0.6 is 11.6 Å². The van der Waals surface area contributed by atoms with E-state index in [2.05, 4.69) is 14.9 Å². The number of rotatable bonds is 5. The number of ether oxygens (including phenoxy) is 2. The lowest BCUT2D eigenvalue weighted by Gasteiger charge is -2.26. The number of hydrogen-bond donors (Lipinski definition) is 1. The maximum Gasteiger partial charge on any atom is 0.273 e. The van der Waals surface area contributed by atoms with E-state index in [0.29, 0.717) is 46.4 Å². The SMILES string of the molecule is CN1Cc2c(nc(N)nc2-c2c(Cl)cccc2OCCN2CCOCC2)C1=O. The standard InChI is InChI=1S/C19H22ClN5O3/c1-24-11-12-16(22-19(21)23-17(12)18(24)26)15-13(20)3-2-4-14(15)28-10-7-25-5-8-27-9-6-25/h2-4H,5-11H2,1H3,(H2,21,22,23). The second-order valence-corrected chi connectivity index (χ2v) is 7.24. The molecule has 148 valence electrons. The van der Waals surface area contributed by atoms with Gasteiger partial charge in [-0.3, -0.25) is 9.69 Å². The Labute approximate surface area is 168 Å². The molecule has 1 aromatic heterocycles. The van der Waals surface area contributed by atoms with Crippen LogP contribution in [0.5, 0.6) is 5.75 Å². The molecule has 0 saturated carbocycles. The Balaban J connectivity index is 1.64. The molecule has 8 nitrogen and oxygen atoms in total. The second-order valence-electron chi connectivity index (χ2n) is 6.83. The summed E-state index contributed by atoms with van der Waals surface area (Å²) in [6.07, 6.45) is 0. The van der Waals surface area contributed by atoms with Crippen LogP contribution in [0.3, 0.4) is 0 Å². The summed E-state index contributed by atoms with van der Waals surface area (Å²) in [6.45, 7) is 5.00. The molecule has 28 heavy (non-hydrogen) atoms. The van der Waals surface area contributed by atoms with Crippen LogP contribution in [0.15, 0.2) is 18.2 Å². The van der Waals surface area contributed by atoms with Crippen molar-refractivity contribution in [2.75, 3.05) is 52.2 Å². The largest absolute Gasteiger partial charge is 0.491 e. The Morgan fingerprint density at radius 3 is 2.79 bits per heavy atom. The Kier molecular flexibility index (Phi) is 5.34. The first-order valence-corrected chi connectivity index (χ1v) is 9.56. The first-order valence-electron chi connectivity index (χ1n) is 9.18. The van der Waals surface area contributed by atoms with Crippen molar-refractivity contribution >= 4 is 23.5 Å². The van der Waals surface area contributed by atoms with Crippen molar-refractivity contribution < 1.29 is 14.3 Å². The molecule has 0 aliphatic carbocycles. The highest BCUT2D eigenvalue weighted by Crippen LogP contribution is 2.40. The van der Waals surface area contributed by atoms with Crippen molar-refractivity contribution in [3.8, 4) is 17.0 Å². The number of aromatic nitrogens is 2. The zero-order chi connectivity index (χ0) is 19.7. The fraction of sp³-hybridized carbons (Fsp3) is 0.421. The number of morpholine rings is 1. The lowest BCUT2D eigenvalue weighted by Crippen LogP contribution is -2.38. The first-order chi connectivity index (χ1) is 13.5. The van der Waals surface area contributed by atoms with E-state index in [1.54, 1.807) is 18.0 Å². The average Bonchev–Trinajstić information content (AvgIpc) is 2.97. The Morgan fingerprint density at radius 2 is 2.00 bits per heavy atom. The van der Waals surface area contributed by atoms with Gasteiger partial charge in [0.15, 0.2) is 0 Å². The van der Waals surface area contributed by atoms with Gasteiger partial charge in [0.2, 0.25) is 5.95 Å². The van der Waals surface area contributed by atoms with Gasteiger partial charge in [-0.05, 0) is 12.1 Å². The van der Waals surface area contributed by atoms with Crippen LogP contribution in [0.2, 0.25) is 5.02 Å². The van der Waals surface area contributed by atoms with Crippen molar-refractivity contribution in [2.45, 2.75) is 6.54 Å².